The van der Waals surface area contributed by atoms with Crippen molar-refractivity contribution in [1.82, 2.24) is 19.9 Å². The molecule has 0 spiro atoms. The van der Waals surface area contributed by atoms with Gasteiger partial charge in [-0.15, -0.1) is 0 Å². The van der Waals surface area contributed by atoms with Crippen molar-refractivity contribution in [3.63, 3.8) is 0 Å². The molecule has 0 fully saturated rings. The molecule has 0 aliphatic heterocycles. The zero-order chi connectivity index (χ0) is 15.4. The number of benzene rings is 1. The summed E-state index contributed by atoms with van der Waals surface area (Å²) in [5.74, 6) is 2.07. The van der Waals surface area contributed by atoms with Crippen LogP contribution in [0.2, 0.25) is 0 Å². The van der Waals surface area contributed by atoms with Crippen molar-refractivity contribution in [3.05, 3.63) is 71.9 Å². The predicted molar refractivity (Wildman–Crippen MR) is 84.7 cm³/mol. The van der Waals surface area contributed by atoms with Crippen LogP contribution in [0.3, 0.4) is 0 Å². The maximum Gasteiger partial charge on any atom is 0.138 e. The number of hydrogen-bond donors (Lipinski definition) is 2. The van der Waals surface area contributed by atoms with Crippen LogP contribution in [0.25, 0.3) is 5.82 Å². The number of phenolic OH excluding ortho intramolecular Hbond substituents is 1. The fraction of sp³-hybridized carbons (Fsp3) is 0.176. The van der Waals surface area contributed by atoms with Gasteiger partial charge >= 0.3 is 0 Å². The summed E-state index contributed by atoms with van der Waals surface area (Å²) in [6.07, 6.45) is 5.48. The molecule has 22 heavy (non-hydrogen) atoms. The number of aryl methyl sites for hydroxylation is 1. The van der Waals surface area contributed by atoms with Crippen LogP contribution in [-0.2, 0) is 13.1 Å². The Bertz CT molecular complexity index is 767. The van der Waals surface area contributed by atoms with Gasteiger partial charge in [0.2, 0.25) is 0 Å². The van der Waals surface area contributed by atoms with Gasteiger partial charge in [-0.3, -0.25) is 4.57 Å². The zero-order valence-electron chi connectivity index (χ0n) is 12.4. The summed E-state index contributed by atoms with van der Waals surface area (Å²) in [6, 6.07) is 11.3. The third-order valence-electron chi connectivity index (χ3n) is 3.45. The minimum absolute atomic E-state index is 0.293. The van der Waals surface area contributed by atoms with Crippen LogP contribution in [0.5, 0.6) is 5.75 Å². The molecule has 5 nitrogen and oxygen atoms in total. The molecule has 112 valence electrons. The Hall–Kier alpha value is -2.66. The number of aromatic nitrogens is 3. The molecule has 0 atom stereocenters. The van der Waals surface area contributed by atoms with E-state index in [0.717, 1.165) is 29.3 Å². The number of pyridine rings is 1. The maximum absolute atomic E-state index is 9.45. The van der Waals surface area contributed by atoms with Crippen molar-refractivity contribution in [1.29, 1.82) is 0 Å². The summed E-state index contributed by atoms with van der Waals surface area (Å²) in [7, 11) is 0. The number of nitrogens with one attached hydrogen (secondary N) is 1. The van der Waals surface area contributed by atoms with Crippen LogP contribution in [0.1, 0.15) is 17.0 Å². The molecule has 0 saturated carbocycles. The van der Waals surface area contributed by atoms with Crippen LogP contribution in [0.4, 0.5) is 0 Å². The average Bonchev–Trinajstić information content (AvgIpc) is 2.94. The van der Waals surface area contributed by atoms with E-state index in [2.05, 4.69) is 15.3 Å². The fourth-order valence-corrected chi connectivity index (χ4v) is 2.34. The van der Waals surface area contributed by atoms with Crippen molar-refractivity contribution in [2.75, 3.05) is 0 Å². The van der Waals surface area contributed by atoms with E-state index in [-0.39, 0.29) is 0 Å². The van der Waals surface area contributed by atoms with Crippen LogP contribution in [0, 0.1) is 6.92 Å². The smallest absolute Gasteiger partial charge is 0.138 e. The Morgan fingerprint density at radius 1 is 1.05 bits per heavy atom. The third-order valence-corrected chi connectivity index (χ3v) is 3.45. The lowest BCUT2D eigenvalue weighted by Crippen LogP contribution is -2.13. The number of nitrogens with zero attached hydrogens (tertiary/aromatic N) is 3. The van der Waals surface area contributed by atoms with E-state index in [0.29, 0.717) is 12.3 Å². The quantitative estimate of drug-likeness (QED) is 0.759. The van der Waals surface area contributed by atoms with Crippen molar-refractivity contribution in [3.8, 4) is 11.6 Å². The standard InChI is InChI=1S/C17H18N4O/c1-13-19-7-8-21(13)17-10-15(5-6-20-17)12-18-11-14-3-2-4-16(22)9-14/h2-10,18,22H,11-12H2,1H3. The van der Waals surface area contributed by atoms with Gasteiger partial charge in [0, 0.05) is 31.7 Å². The van der Waals surface area contributed by atoms with Gasteiger partial charge in [-0.25, -0.2) is 9.97 Å². The second kappa shape index (κ2) is 6.41. The largest absolute Gasteiger partial charge is 0.508 e. The van der Waals surface area contributed by atoms with Crippen LogP contribution >= 0.6 is 0 Å². The van der Waals surface area contributed by atoms with E-state index in [4.69, 9.17) is 0 Å². The summed E-state index contributed by atoms with van der Waals surface area (Å²) in [4.78, 5) is 8.60. The molecule has 1 aromatic carbocycles. The molecule has 0 amide bonds. The molecule has 2 heterocycles. The average molecular weight is 294 g/mol. The lowest BCUT2D eigenvalue weighted by Gasteiger charge is -2.08. The molecule has 3 aromatic rings. The molecule has 0 bridgehead atoms. The SMILES string of the molecule is Cc1nccn1-c1cc(CNCc2cccc(O)c2)ccn1. The van der Waals surface area contributed by atoms with Gasteiger partial charge in [-0.1, -0.05) is 12.1 Å². The fourth-order valence-electron chi connectivity index (χ4n) is 2.34. The zero-order valence-corrected chi connectivity index (χ0v) is 12.4. The summed E-state index contributed by atoms with van der Waals surface area (Å²) in [5.41, 5.74) is 2.21. The highest BCUT2D eigenvalue weighted by Gasteiger charge is 2.03. The van der Waals surface area contributed by atoms with E-state index in [1.54, 1.807) is 24.5 Å². The first-order valence-corrected chi connectivity index (χ1v) is 7.16. The molecule has 2 N–H and O–H groups in total. The minimum Gasteiger partial charge on any atom is -0.508 e. The molecule has 0 saturated heterocycles. The van der Waals surface area contributed by atoms with Gasteiger partial charge in [-0.2, -0.15) is 0 Å². The van der Waals surface area contributed by atoms with Crippen LogP contribution < -0.4 is 5.32 Å². The Morgan fingerprint density at radius 2 is 1.86 bits per heavy atom. The molecule has 0 unspecified atom stereocenters. The van der Waals surface area contributed by atoms with Gasteiger partial charge in [0.05, 0.1) is 0 Å². The first-order valence-electron chi connectivity index (χ1n) is 7.16. The monoisotopic (exact) mass is 294 g/mol. The molecule has 0 aliphatic carbocycles. The number of rotatable bonds is 5. The first kappa shape index (κ1) is 14.3. The summed E-state index contributed by atoms with van der Waals surface area (Å²) in [5, 5.41) is 12.8. The second-order valence-corrected chi connectivity index (χ2v) is 5.14. The van der Waals surface area contributed by atoms with Gasteiger partial charge in [0.1, 0.15) is 17.4 Å². The lowest BCUT2D eigenvalue weighted by molar-refractivity contribution is 0.474. The molecule has 5 heteroatoms. The number of phenols is 1. The van der Waals surface area contributed by atoms with E-state index in [9.17, 15) is 5.11 Å². The predicted octanol–water partition coefficient (Wildman–Crippen LogP) is 2.57. The highest BCUT2D eigenvalue weighted by molar-refractivity contribution is 5.30. The van der Waals surface area contributed by atoms with E-state index >= 15 is 0 Å². The Kier molecular flexibility index (Phi) is 4.16. The van der Waals surface area contributed by atoms with E-state index in [1.165, 1.54) is 0 Å². The van der Waals surface area contributed by atoms with Gasteiger partial charge in [-0.05, 0) is 42.3 Å². The molecule has 2 aromatic heterocycles. The minimum atomic E-state index is 0.293. The first-order chi connectivity index (χ1) is 10.7. The number of aromatic hydroxyl groups is 1. The Morgan fingerprint density at radius 3 is 2.59 bits per heavy atom. The normalized spacial score (nSPS) is 10.8. The summed E-state index contributed by atoms with van der Waals surface area (Å²) < 4.78 is 1.96. The molecule has 0 aliphatic rings. The molecular weight excluding hydrogens is 276 g/mol. The van der Waals surface area contributed by atoms with Gasteiger partial charge < -0.3 is 10.4 Å². The van der Waals surface area contributed by atoms with Gasteiger partial charge in [0.15, 0.2) is 0 Å². The molecular formula is C17H18N4O. The van der Waals surface area contributed by atoms with Crippen molar-refractivity contribution in [2.45, 2.75) is 20.0 Å². The third kappa shape index (κ3) is 3.32. The summed E-state index contributed by atoms with van der Waals surface area (Å²) >= 11 is 0. The lowest BCUT2D eigenvalue weighted by atomic mass is 10.2. The maximum atomic E-state index is 9.45. The highest BCUT2D eigenvalue weighted by atomic mass is 16.3. The van der Waals surface area contributed by atoms with E-state index in [1.807, 2.05) is 42.0 Å². The van der Waals surface area contributed by atoms with Crippen molar-refractivity contribution >= 4 is 0 Å². The number of hydrogen-bond acceptors (Lipinski definition) is 4. The topological polar surface area (TPSA) is 63.0 Å². The van der Waals surface area contributed by atoms with Crippen LogP contribution in [0.15, 0.2) is 55.0 Å². The van der Waals surface area contributed by atoms with Crippen LogP contribution in [-0.4, -0.2) is 19.6 Å². The molecule has 0 radical (unpaired) electrons. The van der Waals surface area contributed by atoms with Gasteiger partial charge in [0.25, 0.3) is 0 Å². The Balaban J connectivity index is 1.65. The van der Waals surface area contributed by atoms with E-state index < -0.39 is 0 Å². The number of imidazole rings is 1. The second-order valence-electron chi connectivity index (χ2n) is 5.14. The van der Waals surface area contributed by atoms with Crippen molar-refractivity contribution in [2.24, 2.45) is 0 Å². The Labute approximate surface area is 129 Å². The highest BCUT2D eigenvalue weighted by Crippen LogP contribution is 2.12. The molecule has 3 rings (SSSR count). The summed E-state index contributed by atoms with van der Waals surface area (Å²) in [6.45, 7) is 3.39. The van der Waals surface area contributed by atoms with Crippen molar-refractivity contribution < 1.29 is 5.11 Å².